The highest BCUT2D eigenvalue weighted by Crippen LogP contribution is 2.47. The quantitative estimate of drug-likeness (QED) is 0.405. The number of fused-ring (bicyclic) bond motifs is 1. The number of esters is 1. The predicted molar refractivity (Wildman–Crippen MR) is 160 cm³/mol. The van der Waals surface area contributed by atoms with E-state index in [0.717, 1.165) is 44.2 Å². The van der Waals surface area contributed by atoms with Crippen LogP contribution in [0.2, 0.25) is 5.02 Å². The molecular formula is C33H48ClN3O4. The number of likely N-dealkylation sites (tertiary alicyclic amines) is 1. The van der Waals surface area contributed by atoms with E-state index in [1.54, 1.807) is 0 Å². The summed E-state index contributed by atoms with van der Waals surface area (Å²) in [6, 6.07) is 6.56. The number of rotatable bonds is 8. The third kappa shape index (κ3) is 7.10. The van der Waals surface area contributed by atoms with Crippen molar-refractivity contribution in [3.8, 4) is 0 Å². The fourth-order valence-corrected chi connectivity index (χ4v) is 8.25. The van der Waals surface area contributed by atoms with Gasteiger partial charge in [-0.3, -0.25) is 14.4 Å². The summed E-state index contributed by atoms with van der Waals surface area (Å²) in [5.41, 5.74) is 0.446. The van der Waals surface area contributed by atoms with E-state index in [1.807, 2.05) is 36.1 Å². The second kappa shape index (κ2) is 13.9. The van der Waals surface area contributed by atoms with Crippen molar-refractivity contribution in [2.24, 2.45) is 23.2 Å². The van der Waals surface area contributed by atoms with Crippen molar-refractivity contribution in [1.29, 1.82) is 0 Å². The van der Waals surface area contributed by atoms with Crippen LogP contribution in [0.25, 0.3) is 0 Å². The van der Waals surface area contributed by atoms with Gasteiger partial charge in [0.2, 0.25) is 11.8 Å². The Morgan fingerprint density at radius 2 is 1.66 bits per heavy atom. The molecule has 1 aromatic carbocycles. The molecule has 2 saturated carbocycles. The van der Waals surface area contributed by atoms with Crippen molar-refractivity contribution in [3.63, 3.8) is 0 Å². The van der Waals surface area contributed by atoms with Crippen LogP contribution >= 0.6 is 11.6 Å². The number of carbonyl (C=O) groups is 3. The van der Waals surface area contributed by atoms with E-state index >= 15 is 0 Å². The number of amides is 2. The first kappa shape index (κ1) is 30.3. The van der Waals surface area contributed by atoms with Crippen molar-refractivity contribution >= 4 is 29.4 Å². The van der Waals surface area contributed by atoms with E-state index in [1.165, 1.54) is 32.1 Å². The summed E-state index contributed by atoms with van der Waals surface area (Å²) in [7, 11) is 0. The normalized spacial score (nSPS) is 27.4. The van der Waals surface area contributed by atoms with Gasteiger partial charge < -0.3 is 20.3 Å². The summed E-state index contributed by atoms with van der Waals surface area (Å²) in [5, 5.41) is 7.27. The molecule has 8 heteroatoms. The summed E-state index contributed by atoms with van der Waals surface area (Å²) in [5.74, 6) is 1.33. The van der Waals surface area contributed by atoms with Gasteiger partial charge in [0, 0.05) is 24.5 Å². The van der Waals surface area contributed by atoms with Crippen LogP contribution in [0.15, 0.2) is 24.3 Å². The second-order valence-electron chi connectivity index (χ2n) is 12.9. The Kier molecular flexibility index (Phi) is 10.3. The first-order valence-electron chi connectivity index (χ1n) is 16.1. The molecule has 2 saturated heterocycles. The largest absolute Gasteiger partial charge is 0.466 e. The van der Waals surface area contributed by atoms with E-state index in [9.17, 15) is 14.4 Å². The molecule has 0 bridgehead atoms. The molecule has 3 unspecified atom stereocenters. The Balaban J connectivity index is 1.28. The van der Waals surface area contributed by atoms with Crippen molar-refractivity contribution in [2.75, 3.05) is 26.2 Å². The van der Waals surface area contributed by atoms with Crippen molar-refractivity contribution in [3.05, 3.63) is 34.9 Å². The van der Waals surface area contributed by atoms with Gasteiger partial charge in [-0.05, 0) is 87.4 Å². The highest BCUT2D eigenvalue weighted by molar-refractivity contribution is 6.30. The zero-order valence-corrected chi connectivity index (χ0v) is 25.4. The number of halogens is 1. The van der Waals surface area contributed by atoms with E-state index in [0.29, 0.717) is 61.7 Å². The Bertz CT molecular complexity index is 1050. The zero-order chi connectivity index (χ0) is 28.8. The summed E-state index contributed by atoms with van der Waals surface area (Å²) < 4.78 is 5.61. The summed E-state index contributed by atoms with van der Waals surface area (Å²) >= 11 is 6.12. The average Bonchev–Trinajstić information content (AvgIpc) is 3.01. The molecule has 2 N–H and O–H groups in total. The summed E-state index contributed by atoms with van der Waals surface area (Å²) in [4.78, 5) is 42.8. The molecule has 226 valence electrons. The van der Waals surface area contributed by atoms with Gasteiger partial charge in [-0.15, -0.1) is 0 Å². The van der Waals surface area contributed by atoms with Crippen molar-refractivity contribution in [2.45, 2.75) is 102 Å². The Morgan fingerprint density at radius 3 is 2.34 bits per heavy atom. The molecule has 2 heterocycles. The number of ether oxygens (including phenoxy) is 1. The first-order valence-corrected chi connectivity index (χ1v) is 16.5. The Hall–Kier alpha value is -2.12. The van der Waals surface area contributed by atoms with Crippen LogP contribution in [0.3, 0.4) is 0 Å². The van der Waals surface area contributed by atoms with Crippen LogP contribution in [-0.2, 0) is 25.5 Å². The van der Waals surface area contributed by atoms with E-state index < -0.39 is 11.5 Å². The number of benzene rings is 1. The maximum absolute atomic E-state index is 14.0. The molecule has 4 atom stereocenters. The predicted octanol–water partition coefficient (Wildman–Crippen LogP) is 5.29. The van der Waals surface area contributed by atoms with Gasteiger partial charge in [0.1, 0.15) is 6.04 Å². The van der Waals surface area contributed by atoms with Gasteiger partial charge in [0.15, 0.2) is 0 Å². The molecule has 41 heavy (non-hydrogen) atoms. The Morgan fingerprint density at radius 1 is 1.00 bits per heavy atom. The van der Waals surface area contributed by atoms with Crippen molar-refractivity contribution in [1.82, 2.24) is 15.5 Å². The maximum atomic E-state index is 14.0. The molecule has 4 aliphatic rings. The minimum absolute atomic E-state index is 0.0687. The SMILES string of the molecule is CCOC(=O)C1(C2CCCCC2)CCN(C(=O)C(Cc2ccc(Cl)cc2)NC(=O)[C@H]2CC3CCCCC3CN2)CC1. The molecule has 0 aromatic heterocycles. The van der Waals surface area contributed by atoms with E-state index in [-0.39, 0.29) is 23.8 Å². The summed E-state index contributed by atoms with van der Waals surface area (Å²) in [6.07, 6.45) is 13.1. The standard InChI is InChI=1S/C33H48ClN3O4/c1-2-41-32(40)33(26-10-4-3-5-11-26)16-18-37(19-17-33)31(39)29(20-23-12-14-27(34)15-13-23)36-30(38)28-21-24-8-6-7-9-25(24)22-35-28/h12-15,24-26,28-29,35H,2-11,16-22H2,1H3,(H,36,38)/t24?,25?,28-,29?/m1/s1. The summed E-state index contributed by atoms with van der Waals surface area (Å²) in [6.45, 7) is 4.13. The van der Waals surface area contributed by atoms with Crippen LogP contribution in [0, 0.1) is 23.2 Å². The Labute approximate surface area is 250 Å². The highest BCUT2D eigenvalue weighted by Gasteiger charge is 2.49. The fourth-order valence-electron chi connectivity index (χ4n) is 8.13. The number of nitrogens with zero attached hydrogens (tertiary/aromatic N) is 1. The van der Waals surface area contributed by atoms with Gasteiger partial charge in [0.05, 0.1) is 18.1 Å². The van der Waals surface area contributed by atoms with Crippen LogP contribution in [0.5, 0.6) is 0 Å². The minimum atomic E-state index is -0.667. The number of hydrogen-bond donors (Lipinski definition) is 2. The molecule has 0 spiro atoms. The number of piperidine rings is 2. The number of carbonyl (C=O) groups excluding carboxylic acids is 3. The lowest BCUT2D eigenvalue weighted by atomic mass is 9.63. The third-order valence-corrected chi connectivity index (χ3v) is 10.8. The topological polar surface area (TPSA) is 87.7 Å². The second-order valence-corrected chi connectivity index (χ2v) is 13.4. The monoisotopic (exact) mass is 585 g/mol. The van der Waals surface area contributed by atoms with Crippen LogP contribution in [-0.4, -0.2) is 61.0 Å². The van der Waals surface area contributed by atoms with Gasteiger partial charge in [0.25, 0.3) is 0 Å². The maximum Gasteiger partial charge on any atom is 0.312 e. The van der Waals surface area contributed by atoms with Gasteiger partial charge in [-0.25, -0.2) is 0 Å². The van der Waals surface area contributed by atoms with Crippen LogP contribution in [0.1, 0.15) is 89.5 Å². The third-order valence-electron chi connectivity index (χ3n) is 10.6. The van der Waals surface area contributed by atoms with Gasteiger partial charge >= 0.3 is 5.97 Å². The molecule has 4 fully saturated rings. The molecule has 2 amide bonds. The van der Waals surface area contributed by atoms with E-state index in [4.69, 9.17) is 16.3 Å². The van der Waals surface area contributed by atoms with E-state index in [2.05, 4.69) is 10.6 Å². The lowest BCUT2D eigenvalue weighted by Crippen LogP contribution is -2.59. The smallest absolute Gasteiger partial charge is 0.312 e. The van der Waals surface area contributed by atoms with Crippen molar-refractivity contribution < 1.29 is 19.1 Å². The first-order chi connectivity index (χ1) is 19.9. The zero-order valence-electron chi connectivity index (χ0n) is 24.7. The molecule has 2 aliphatic carbocycles. The van der Waals surface area contributed by atoms with Gasteiger partial charge in [-0.1, -0.05) is 62.3 Å². The average molecular weight is 586 g/mol. The lowest BCUT2D eigenvalue weighted by Gasteiger charge is -2.46. The molecular weight excluding hydrogens is 538 g/mol. The molecule has 2 aliphatic heterocycles. The van der Waals surface area contributed by atoms with Crippen LogP contribution < -0.4 is 10.6 Å². The molecule has 5 rings (SSSR count). The molecule has 1 aromatic rings. The number of hydrogen-bond acceptors (Lipinski definition) is 5. The fraction of sp³-hybridized carbons (Fsp3) is 0.727. The van der Waals surface area contributed by atoms with Gasteiger partial charge in [-0.2, -0.15) is 0 Å². The molecule has 0 radical (unpaired) electrons. The molecule has 7 nitrogen and oxygen atoms in total. The lowest BCUT2D eigenvalue weighted by molar-refractivity contribution is -0.166. The van der Waals surface area contributed by atoms with Crippen LogP contribution in [0.4, 0.5) is 0 Å². The minimum Gasteiger partial charge on any atom is -0.466 e. The highest BCUT2D eigenvalue weighted by atomic mass is 35.5. The number of nitrogens with one attached hydrogen (secondary N) is 2.